The zero-order valence-electron chi connectivity index (χ0n) is 24.7. The molecular formula is C31H46ClN4O3S+. The maximum Gasteiger partial charge on any atom is 0.251 e. The number of nitrogens with one attached hydrogen (secondary N) is 2. The number of anilines is 3. The molecule has 1 aliphatic rings. The molecule has 1 aliphatic heterocycles. The summed E-state index contributed by atoms with van der Waals surface area (Å²) < 4.78 is 26.0. The molecule has 0 bridgehead atoms. The molecule has 9 heteroatoms. The van der Waals surface area contributed by atoms with E-state index in [1.165, 1.54) is 17.1 Å². The van der Waals surface area contributed by atoms with E-state index in [0.717, 1.165) is 22.4 Å². The standard InChI is InChI=1S/C25H28N4O3S.C3H8.C2H6.CH3Cl/c1-18-15-22(11-12-23(18)29-13-6-14-33(29,31)32)28-25(30)24(20-8-3-2-4-9-20)27-21-10-5-7-19(16-21)17-26;1-3-2;2*1-2/h2-5,7-12,15-16,24,27H,6,13-14,17,26H2,1H3,(H,28,30);3H2,1-2H3;1-2H3;1H3/p+1. The molecule has 0 saturated carbocycles. The van der Waals surface area contributed by atoms with E-state index in [1.807, 2.05) is 81.4 Å². The van der Waals surface area contributed by atoms with Crippen LogP contribution in [0.25, 0.3) is 0 Å². The molecule has 0 aliphatic carbocycles. The van der Waals surface area contributed by atoms with Crippen LogP contribution in [0, 0.1) is 6.92 Å². The number of benzene rings is 3. The molecule has 40 heavy (non-hydrogen) atoms. The zero-order chi connectivity index (χ0) is 30.1. The number of alkyl halides is 1. The van der Waals surface area contributed by atoms with Gasteiger partial charge in [0.1, 0.15) is 6.04 Å². The molecule has 1 saturated heterocycles. The van der Waals surface area contributed by atoms with E-state index in [2.05, 4.69) is 41.8 Å². The van der Waals surface area contributed by atoms with Crippen molar-refractivity contribution in [3.63, 3.8) is 0 Å². The predicted molar refractivity (Wildman–Crippen MR) is 170 cm³/mol. The fraction of sp³-hybridized carbons (Fsp3) is 0.387. The minimum Gasteiger partial charge on any atom is -0.370 e. The summed E-state index contributed by atoms with van der Waals surface area (Å²) >= 11 is 4.64. The van der Waals surface area contributed by atoms with Crippen molar-refractivity contribution in [1.82, 2.24) is 0 Å². The van der Waals surface area contributed by atoms with Gasteiger partial charge in [0.25, 0.3) is 5.91 Å². The number of hydrogen-bond donors (Lipinski definition) is 3. The van der Waals surface area contributed by atoms with E-state index < -0.39 is 16.1 Å². The second-order valence-electron chi connectivity index (χ2n) is 8.88. The Hall–Kier alpha value is -3.07. The van der Waals surface area contributed by atoms with Gasteiger partial charge in [-0.1, -0.05) is 76.6 Å². The average Bonchev–Trinajstić information content (AvgIpc) is 3.33. The molecular weight excluding hydrogens is 544 g/mol. The van der Waals surface area contributed by atoms with Crippen LogP contribution in [-0.2, 0) is 21.4 Å². The largest absolute Gasteiger partial charge is 0.370 e. The monoisotopic (exact) mass is 589 g/mol. The van der Waals surface area contributed by atoms with E-state index in [1.54, 1.807) is 12.1 Å². The van der Waals surface area contributed by atoms with Gasteiger partial charge in [0, 0.05) is 29.9 Å². The first-order chi connectivity index (χ1) is 19.3. The Kier molecular flexibility index (Phi) is 16.0. The normalized spacial score (nSPS) is 13.8. The number of quaternary nitrogens is 1. The Balaban J connectivity index is 0.00000105. The molecule has 0 aromatic heterocycles. The number of halogens is 1. The minimum absolute atomic E-state index is 0.171. The molecule has 1 unspecified atom stereocenters. The van der Waals surface area contributed by atoms with Gasteiger partial charge < -0.3 is 16.4 Å². The van der Waals surface area contributed by atoms with Gasteiger partial charge in [-0.2, -0.15) is 0 Å². The third-order valence-corrected chi connectivity index (χ3v) is 7.61. The maximum atomic E-state index is 13.3. The highest BCUT2D eigenvalue weighted by Crippen LogP contribution is 2.30. The Morgan fingerprint density at radius 1 is 0.975 bits per heavy atom. The highest BCUT2D eigenvalue weighted by molar-refractivity contribution is 7.93. The lowest BCUT2D eigenvalue weighted by Gasteiger charge is -2.22. The number of sulfonamides is 1. The predicted octanol–water partition coefficient (Wildman–Crippen LogP) is 6.37. The van der Waals surface area contributed by atoms with Crippen molar-refractivity contribution in [2.24, 2.45) is 0 Å². The smallest absolute Gasteiger partial charge is 0.251 e. The van der Waals surface area contributed by atoms with Crippen LogP contribution in [-0.4, -0.2) is 33.0 Å². The Morgan fingerprint density at radius 2 is 1.62 bits per heavy atom. The van der Waals surface area contributed by atoms with Crippen LogP contribution in [0.15, 0.2) is 72.8 Å². The van der Waals surface area contributed by atoms with Crippen molar-refractivity contribution in [3.8, 4) is 0 Å². The molecule has 1 fully saturated rings. The van der Waals surface area contributed by atoms with E-state index in [4.69, 9.17) is 0 Å². The quantitative estimate of drug-likeness (QED) is 0.278. The van der Waals surface area contributed by atoms with Crippen molar-refractivity contribution in [1.29, 1.82) is 0 Å². The van der Waals surface area contributed by atoms with Gasteiger partial charge in [0.15, 0.2) is 0 Å². The number of aryl methyl sites for hydroxylation is 1. The SMILES string of the molecule is CC.CCC.CCl.Cc1cc(NC(=O)C(Nc2cccc(C[NH3+])c2)c2ccccc2)ccc1N1CCCS1(=O)=O. The summed E-state index contributed by atoms with van der Waals surface area (Å²) in [4.78, 5) is 13.3. The third-order valence-electron chi connectivity index (χ3n) is 5.75. The van der Waals surface area contributed by atoms with Crippen LogP contribution in [0.4, 0.5) is 17.1 Å². The highest BCUT2D eigenvalue weighted by atomic mass is 35.5. The first kappa shape index (κ1) is 35.0. The van der Waals surface area contributed by atoms with Gasteiger partial charge in [-0.15, -0.1) is 11.6 Å². The van der Waals surface area contributed by atoms with Crippen LogP contribution in [0.5, 0.6) is 0 Å². The number of hydrogen-bond acceptors (Lipinski definition) is 4. The second-order valence-corrected chi connectivity index (χ2v) is 10.9. The molecule has 220 valence electrons. The van der Waals surface area contributed by atoms with Crippen LogP contribution in [0.3, 0.4) is 0 Å². The summed E-state index contributed by atoms with van der Waals surface area (Å²) in [5, 5.41) is 6.33. The summed E-state index contributed by atoms with van der Waals surface area (Å²) in [5.74, 6) is -0.0350. The molecule has 1 atom stereocenters. The van der Waals surface area contributed by atoms with E-state index >= 15 is 0 Å². The number of amides is 1. The fourth-order valence-electron chi connectivity index (χ4n) is 4.07. The van der Waals surface area contributed by atoms with Crippen molar-refractivity contribution < 1.29 is 18.9 Å². The molecule has 3 aromatic carbocycles. The van der Waals surface area contributed by atoms with Crippen LogP contribution < -0.4 is 20.7 Å². The van der Waals surface area contributed by atoms with Crippen LogP contribution in [0.2, 0.25) is 0 Å². The van der Waals surface area contributed by atoms with Crippen molar-refractivity contribution >= 4 is 44.6 Å². The number of carbonyl (C=O) groups is 1. The van der Waals surface area contributed by atoms with E-state index in [0.29, 0.717) is 30.9 Å². The molecule has 3 aromatic rings. The van der Waals surface area contributed by atoms with E-state index in [9.17, 15) is 13.2 Å². The first-order valence-electron chi connectivity index (χ1n) is 13.8. The Labute approximate surface area is 246 Å². The lowest BCUT2D eigenvalue weighted by Crippen LogP contribution is -2.47. The lowest BCUT2D eigenvalue weighted by atomic mass is 10.0. The highest BCUT2D eigenvalue weighted by Gasteiger charge is 2.29. The van der Waals surface area contributed by atoms with Gasteiger partial charge in [0.2, 0.25) is 10.0 Å². The fourth-order valence-corrected chi connectivity index (χ4v) is 5.69. The van der Waals surface area contributed by atoms with E-state index in [-0.39, 0.29) is 11.7 Å². The summed E-state index contributed by atoms with van der Waals surface area (Å²) in [6.45, 7) is 11.3. The van der Waals surface area contributed by atoms with Crippen LogP contribution in [0.1, 0.15) is 63.3 Å². The second kappa shape index (κ2) is 18.3. The molecule has 5 N–H and O–H groups in total. The van der Waals surface area contributed by atoms with Crippen molar-refractivity contribution in [2.45, 2.75) is 60.0 Å². The van der Waals surface area contributed by atoms with Gasteiger partial charge in [-0.05, 0) is 54.8 Å². The van der Waals surface area contributed by atoms with Gasteiger partial charge in [-0.25, -0.2) is 8.42 Å². The van der Waals surface area contributed by atoms with Crippen molar-refractivity contribution in [2.75, 3.05) is 33.6 Å². The third kappa shape index (κ3) is 10.2. The summed E-state index contributed by atoms with van der Waals surface area (Å²) in [7, 11) is -3.26. The van der Waals surface area contributed by atoms with Crippen LogP contribution >= 0.6 is 11.6 Å². The summed E-state index contributed by atoms with van der Waals surface area (Å²) in [5.41, 5.74) is 8.76. The zero-order valence-corrected chi connectivity index (χ0v) is 26.3. The van der Waals surface area contributed by atoms with Gasteiger partial charge in [-0.3, -0.25) is 9.10 Å². The number of carbonyl (C=O) groups excluding carboxylic acids is 1. The molecule has 0 radical (unpaired) electrons. The van der Waals surface area contributed by atoms with Gasteiger partial charge >= 0.3 is 0 Å². The molecule has 0 spiro atoms. The average molecular weight is 590 g/mol. The van der Waals surface area contributed by atoms with Gasteiger partial charge in [0.05, 0.1) is 18.0 Å². The Bertz CT molecular complexity index is 1270. The number of rotatable bonds is 7. The topological polar surface area (TPSA) is 106 Å². The summed E-state index contributed by atoms with van der Waals surface area (Å²) in [6, 6.07) is 22.1. The molecule has 4 rings (SSSR count). The van der Waals surface area contributed by atoms with Crippen molar-refractivity contribution in [3.05, 3.63) is 89.5 Å². The molecule has 7 nitrogen and oxygen atoms in total. The maximum absolute atomic E-state index is 13.3. The molecule has 1 heterocycles. The first-order valence-corrected chi connectivity index (χ1v) is 16.1. The lowest BCUT2D eigenvalue weighted by molar-refractivity contribution is -0.386. The molecule has 1 amide bonds. The Morgan fingerprint density at radius 3 is 2.17 bits per heavy atom. The summed E-state index contributed by atoms with van der Waals surface area (Å²) in [6.07, 6.45) is 3.35. The minimum atomic E-state index is -3.26. The number of nitrogens with zero attached hydrogens (tertiary/aromatic N) is 1.